The van der Waals surface area contributed by atoms with Crippen LogP contribution in [-0.2, 0) is 11.2 Å². The first-order chi connectivity index (χ1) is 13.7. The standard InChI is InChI=1S/C21H29N5O2.HI/c1-3-22-21(24-14-19(27)26-12-4-5-13-26)23-11-10-18-15-28-20(25-18)17-8-6-16(2)7-9-17;/h6-9,15H,3-5,10-14H2,1-2H3,(H2,22,23,24);1H. The molecule has 0 bridgehead atoms. The van der Waals surface area contributed by atoms with E-state index in [1.807, 2.05) is 36.1 Å². The van der Waals surface area contributed by atoms with Crippen LogP contribution in [0.3, 0.4) is 0 Å². The molecule has 0 atom stereocenters. The summed E-state index contributed by atoms with van der Waals surface area (Å²) in [4.78, 5) is 23.0. The van der Waals surface area contributed by atoms with Crippen LogP contribution in [0, 0.1) is 6.92 Å². The summed E-state index contributed by atoms with van der Waals surface area (Å²) in [6.07, 6.45) is 4.59. The van der Waals surface area contributed by atoms with Crippen LogP contribution in [0.5, 0.6) is 0 Å². The molecular weight excluding hydrogens is 481 g/mol. The Kier molecular flexibility index (Phi) is 9.43. The van der Waals surface area contributed by atoms with Gasteiger partial charge in [-0.25, -0.2) is 9.98 Å². The number of halogens is 1. The number of aromatic nitrogens is 1. The fourth-order valence-electron chi connectivity index (χ4n) is 3.11. The molecular formula is C21H30IN5O2. The van der Waals surface area contributed by atoms with E-state index >= 15 is 0 Å². The van der Waals surface area contributed by atoms with E-state index in [4.69, 9.17) is 4.42 Å². The third-order valence-electron chi connectivity index (χ3n) is 4.70. The van der Waals surface area contributed by atoms with E-state index in [-0.39, 0.29) is 36.4 Å². The Bertz CT molecular complexity index is 798. The number of hydrogen-bond donors (Lipinski definition) is 2. The zero-order valence-corrected chi connectivity index (χ0v) is 19.4. The minimum atomic E-state index is 0. The first kappa shape index (κ1) is 23.2. The van der Waals surface area contributed by atoms with Gasteiger partial charge in [0, 0.05) is 38.2 Å². The maximum atomic E-state index is 12.1. The van der Waals surface area contributed by atoms with E-state index in [0.29, 0.717) is 24.8 Å². The van der Waals surface area contributed by atoms with E-state index in [9.17, 15) is 4.79 Å². The van der Waals surface area contributed by atoms with Crippen molar-refractivity contribution in [2.24, 2.45) is 4.99 Å². The van der Waals surface area contributed by atoms with Crippen molar-refractivity contribution in [3.63, 3.8) is 0 Å². The van der Waals surface area contributed by atoms with Crippen LogP contribution >= 0.6 is 24.0 Å². The lowest BCUT2D eigenvalue weighted by Crippen LogP contribution is -2.39. The second-order valence-corrected chi connectivity index (χ2v) is 6.97. The molecule has 1 aromatic heterocycles. The van der Waals surface area contributed by atoms with Crippen molar-refractivity contribution in [3.05, 3.63) is 41.8 Å². The fraction of sp³-hybridized carbons (Fsp3) is 0.476. The molecule has 0 spiro atoms. The molecule has 0 unspecified atom stereocenters. The summed E-state index contributed by atoms with van der Waals surface area (Å²) in [5.74, 6) is 1.37. The summed E-state index contributed by atoms with van der Waals surface area (Å²) in [5, 5.41) is 6.43. The summed E-state index contributed by atoms with van der Waals surface area (Å²) >= 11 is 0. The number of hydrogen-bond acceptors (Lipinski definition) is 4. The SMILES string of the molecule is CCNC(=NCC(=O)N1CCCC1)NCCc1coc(-c2ccc(C)cc2)n1.I. The maximum Gasteiger partial charge on any atom is 0.244 e. The highest BCUT2D eigenvalue weighted by Gasteiger charge is 2.17. The van der Waals surface area contributed by atoms with Gasteiger partial charge in [-0.1, -0.05) is 17.7 Å². The van der Waals surface area contributed by atoms with Crippen LogP contribution < -0.4 is 10.6 Å². The van der Waals surface area contributed by atoms with Gasteiger partial charge in [0.05, 0.1) is 5.69 Å². The predicted octanol–water partition coefficient (Wildman–Crippen LogP) is 2.99. The number of carbonyl (C=O) groups is 1. The lowest BCUT2D eigenvalue weighted by molar-refractivity contribution is -0.128. The molecule has 0 saturated carbocycles. The Morgan fingerprint density at radius 1 is 1.21 bits per heavy atom. The van der Waals surface area contributed by atoms with Gasteiger partial charge in [0.2, 0.25) is 11.8 Å². The third-order valence-corrected chi connectivity index (χ3v) is 4.70. The van der Waals surface area contributed by atoms with E-state index < -0.39 is 0 Å². The third kappa shape index (κ3) is 7.02. The summed E-state index contributed by atoms with van der Waals surface area (Å²) < 4.78 is 5.60. The highest BCUT2D eigenvalue weighted by atomic mass is 127. The molecule has 158 valence electrons. The van der Waals surface area contributed by atoms with Gasteiger partial charge in [-0.2, -0.15) is 0 Å². The van der Waals surface area contributed by atoms with Crippen LogP contribution in [0.15, 0.2) is 39.9 Å². The number of likely N-dealkylation sites (tertiary alicyclic amines) is 1. The minimum Gasteiger partial charge on any atom is -0.444 e. The molecule has 2 heterocycles. The van der Waals surface area contributed by atoms with Crippen molar-refractivity contribution in [1.29, 1.82) is 0 Å². The number of oxazole rings is 1. The van der Waals surface area contributed by atoms with Crippen molar-refractivity contribution in [1.82, 2.24) is 20.5 Å². The van der Waals surface area contributed by atoms with Crippen molar-refractivity contribution < 1.29 is 9.21 Å². The number of aryl methyl sites for hydroxylation is 1. The average molecular weight is 511 g/mol. The quantitative estimate of drug-likeness (QED) is 0.340. The molecule has 1 aliphatic rings. The molecule has 8 heteroatoms. The van der Waals surface area contributed by atoms with E-state index in [1.165, 1.54) is 5.56 Å². The van der Waals surface area contributed by atoms with Crippen molar-refractivity contribution in [2.45, 2.75) is 33.1 Å². The Morgan fingerprint density at radius 2 is 1.93 bits per heavy atom. The Hall–Kier alpha value is -2.10. The largest absolute Gasteiger partial charge is 0.444 e. The molecule has 2 N–H and O–H groups in total. The molecule has 1 amide bonds. The molecule has 7 nitrogen and oxygen atoms in total. The van der Waals surface area contributed by atoms with Crippen molar-refractivity contribution in [3.8, 4) is 11.5 Å². The van der Waals surface area contributed by atoms with Gasteiger partial charge in [0.25, 0.3) is 0 Å². The monoisotopic (exact) mass is 511 g/mol. The second kappa shape index (κ2) is 11.8. The smallest absolute Gasteiger partial charge is 0.244 e. The van der Waals surface area contributed by atoms with Crippen LogP contribution in [-0.4, -0.2) is 54.5 Å². The fourth-order valence-corrected chi connectivity index (χ4v) is 3.11. The highest BCUT2D eigenvalue weighted by molar-refractivity contribution is 14.0. The first-order valence-electron chi connectivity index (χ1n) is 9.97. The lowest BCUT2D eigenvalue weighted by atomic mass is 10.1. The number of carbonyl (C=O) groups excluding carboxylic acids is 1. The van der Waals surface area contributed by atoms with Crippen molar-refractivity contribution in [2.75, 3.05) is 32.7 Å². The molecule has 1 aliphatic heterocycles. The van der Waals surface area contributed by atoms with Crippen LogP contribution in [0.2, 0.25) is 0 Å². The minimum absolute atomic E-state index is 0. The molecule has 1 aromatic carbocycles. The van der Waals surface area contributed by atoms with Gasteiger partial charge in [-0.15, -0.1) is 24.0 Å². The first-order valence-corrected chi connectivity index (χ1v) is 9.97. The molecule has 1 fully saturated rings. The van der Waals surface area contributed by atoms with Gasteiger partial charge in [-0.05, 0) is 38.8 Å². The second-order valence-electron chi connectivity index (χ2n) is 6.97. The molecule has 0 radical (unpaired) electrons. The Balaban J connectivity index is 0.00000300. The highest BCUT2D eigenvalue weighted by Crippen LogP contribution is 2.19. The van der Waals surface area contributed by atoms with Crippen LogP contribution in [0.4, 0.5) is 0 Å². The number of aliphatic imine (C=N–C) groups is 1. The zero-order valence-electron chi connectivity index (χ0n) is 17.1. The van der Waals surface area contributed by atoms with Crippen molar-refractivity contribution >= 4 is 35.8 Å². The normalized spacial score (nSPS) is 13.9. The van der Waals surface area contributed by atoms with E-state index in [2.05, 4.69) is 27.5 Å². The predicted molar refractivity (Wildman–Crippen MR) is 126 cm³/mol. The number of amides is 1. The Labute approximate surface area is 189 Å². The van der Waals surface area contributed by atoms with Gasteiger partial charge in [0.15, 0.2) is 5.96 Å². The topological polar surface area (TPSA) is 82.8 Å². The zero-order chi connectivity index (χ0) is 19.8. The van der Waals surface area contributed by atoms with Gasteiger partial charge in [0.1, 0.15) is 12.8 Å². The van der Waals surface area contributed by atoms with Gasteiger partial charge >= 0.3 is 0 Å². The van der Waals surface area contributed by atoms with E-state index in [0.717, 1.165) is 43.7 Å². The van der Waals surface area contributed by atoms with Gasteiger partial charge < -0.3 is 20.0 Å². The van der Waals surface area contributed by atoms with Gasteiger partial charge in [-0.3, -0.25) is 4.79 Å². The maximum absolute atomic E-state index is 12.1. The summed E-state index contributed by atoms with van der Waals surface area (Å²) in [6, 6.07) is 8.11. The summed E-state index contributed by atoms with van der Waals surface area (Å²) in [5.41, 5.74) is 3.06. The average Bonchev–Trinajstić information content (AvgIpc) is 3.39. The summed E-state index contributed by atoms with van der Waals surface area (Å²) in [7, 11) is 0. The Morgan fingerprint density at radius 3 is 2.62 bits per heavy atom. The molecule has 2 aromatic rings. The number of nitrogens with one attached hydrogen (secondary N) is 2. The van der Waals surface area contributed by atoms with E-state index in [1.54, 1.807) is 6.26 Å². The molecule has 29 heavy (non-hydrogen) atoms. The number of benzene rings is 1. The summed E-state index contributed by atoms with van der Waals surface area (Å²) in [6.45, 7) is 7.34. The number of guanidine groups is 1. The molecule has 1 saturated heterocycles. The lowest BCUT2D eigenvalue weighted by Gasteiger charge is -2.15. The molecule has 0 aliphatic carbocycles. The number of rotatable bonds is 7. The number of nitrogens with zero attached hydrogens (tertiary/aromatic N) is 3. The van der Waals surface area contributed by atoms with Crippen LogP contribution in [0.25, 0.3) is 11.5 Å². The molecule has 3 rings (SSSR count). The van der Waals surface area contributed by atoms with Crippen LogP contribution in [0.1, 0.15) is 31.0 Å².